The Morgan fingerprint density at radius 3 is 2.39 bits per heavy atom. The standard InChI is InChI=1S/C18H11Cl3F3N3O/c1-28-14-7-13(11(19)6-12(14)20)25-16-8-15(21)26-17(27-16)9-3-2-4-10(5-9)18(22,23)24/h2-8H,1H3,(H,25,26,27). The van der Waals surface area contributed by atoms with E-state index in [1.54, 1.807) is 6.07 Å². The predicted molar refractivity (Wildman–Crippen MR) is 104 cm³/mol. The summed E-state index contributed by atoms with van der Waals surface area (Å²) in [6.07, 6.45) is -4.48. The van der Waals surface area contributed by atoms with E-state index in [0.717, 1.165) is 12.1 Å². The number of benzene rings is 2. The number of nitrogens with one attached hydrogen (secondary N) is 1. The van der Waals surface area contributed by atoms with Crippen LogP contribution in [0.4, 0.5) is 24.7 Å². The van der Waals surface area contributed by atoms with E-state index in [0.29, 0.717) is 21.5 Å². The average Bonchev–Trinajstić information content (AvgIpc) is 2.63. The Hall–Kier alpha value is -2.22. The van der Waals surface area contributed by atoms with Crippen molar-refractivity contribution in [1.82, 2.24) is 9.97 Å². The summed E-state index contributed by atoms with van der Waals surface area (Å²) in [5, 5.41) is 3.60. The quantitative estimate of drug-likeness (QED) is 0.442. The minimum atomic E-state index is -4.48. The lowest BCUT2D eigenvalue weighted by molar-refractivity contribution is -0.137. The molecular weight excluding hydrogens is 438 g/mol. The molecule has 1 heterocycles. The van der Waals surface area contributed by atoms with Gasteiger partial charge in [-0.2, -0.15) is 13.2 Å². The molecule has 4 nitrogen and oxygen atoms in total. The minimum Gasteiger partial charge on any atom is -0.495 e. The number of aromatic nitrogens is 2. The molecule has 0 saturated carbocycles. The van der Waals surface area contributed by atoms with Crippen LogP contribution in [0.15, 0.2) is 42.5 Å². The normalized spacial score (nSPS) is 11.4. The molecule has 1 N–H and O–H groups in total. The first-order chi connectivity index (χ1) is 13.2. The highest BCUT2D eigenvalue weighted by Crippen LogP contribution is 2.36. The van der Waals surface area contributed by atoms with E-state index >= 15 is 0 Å². The molecule has 0 aliphatic heterocycles. The van der Waals surface area contributed by atoms with Crippen LogP contribution in [0.2, 0.25) is 15.2 Å². The van der Waals surface area contributed by atoms with E-state index in [1.165, 1.54) is 31.4 Å². The first-order valence-corrected chi connectivity index (χ1v) is 8.83. The zero-order valence-electron chi connectivity index (χ0n) is 14.1. The van der Waals surface area contributed by atoms with E-state index in [-0.39, 0.29) is 22.4 Å². The summed E-state index contributed by atoms with van der Waals surface area (Å²) >= 11 is 18.2. The van der Waals surface area contributed by atoms with Gasteiger partial charge in [-0.05, 0) is 18.2 Å². The Bertz CT molecular complexity index is 1030. The molecule has 10 heteroatoms. The van der Waals surface area contributed by atoms with Crippen LogP contribution < -0.4 is 10.1 Å². The van der Waals surface area contributed by atoms with Crippen molar-refractivity contribution in [2.45, 2.75) is 6.18 Å². The lowest BCUT2D eigenvalue weighted by Gasteiger charge is -2.12. The van der Waals surface area contributed by atoms with Gasteiger partial charge < -0.3 is 10.1 Å². The summed E-state index contributed by atoms with van der Waals surface area (Å²) in [5.41, 5.74) is -0.221. The third kappa shape index (κ3) is 4.60. The molecule has 0 bridgehead atoms. The largest absolute Gasteiger partial charge is 0.495 e. The van der Waals surface area contributed by atoms with E-state index in [1.807, 2.05) is 0 Å². The molecule has 0 aliphatic carbocycles. The Kier molecular flexibility index (Phi) is 5.88. The number of alkyl halides is 3. The van der Waals surface area contributed by atoms with Crippen LogP contribution in [0.3, 0.4) is 0 Å². The summed E-state index contributed by atoms with van der Waals surface area (Å²) in [4.78, 5) is 8.24. The third-order valence-electron chi connectivity index (χ3n) is 3.65. The number of hydrogen-bond acceptors (Lipinski definition) is 4. The van der Waals surface area contributed by atoms with Gasteiger partial charge in [0.15, 0.2) is 5.82 Å². The smallest absolute Gasteiger partial charge is 0.416 e. The van der Waals surface area contributed by atoms with Crippen LogP contribution in [0, 0.1) is 0 Å². The maximum atomic E-state index is 13.0. The maximum absolute atomic E-state index is 13.0. The van der Waals surface area contributed by atoms with Gasteiger partial charge in [0.2, 0.25) is 0 Å². The summed E-state index contributed by atoms with van der Waals surface area (Å²) < 4.78 is 44.0. The average molecular weight is 449 g/mol. The zero-order valence-corrected chi connectivity index (χ0v) is 16.4. The van der Waals surface area contributed by atoms with Crippen molar-refractivity contribution in [2.75, 3.05) is 12.4 Å². The van der Waals surface area contributed by atoms with Crippen molar-refractivity contribution in [3.8, 4) is 17.1 Å². The van der Waals surface area contributed by atoms with Crippen LogP contribution in [0.25, 0.3) is 11.4 Å². The van der Waals surface area contributed by atoms with Gasteiger partial charge in [-0.3, -0.25) is 0 Å². The number of ether oxygens (including phenoxy) is 1. The molecule has 0 fully saturated rings. The van der Waals surface area contributed by atoms with Crippen LogP contribution in [0.5, 0.6) is 5.75 Å². The van der Waals surface area contributed by atoms with Crippen molar-refractivity contribution in [3.63, 3.8) is 0 Å². The lowest BCUT2D eigenvalue weighted by Crippen LogP contribution is -2.05. The molecule has 0 unspecified atom stereocenters. The second-order valence-electron chi connectivity index (χ2n) is 5.57. The van der Waals surface area contributed by atoms with Crippen molar-refractivity contribution in [2.24, 2.45) is 0 Å². The van der Waals surface area contributed by atoms with Crippen molar-refractivity contribution >= 4 is 46.3 Å². The van der Waals surface area contributed by atoms with Gasteiger partial charge in [0.1, 0.15) is 16.7 Å². The number of hydrogen-bond donors (Lipinski definition) is 1. The van der Waals surface area contributed by atoms with Gasteiger partial charge in [-0.25, -0.2) is 9.97 Å². The zero-order chi connectivity index (χ0) is 20.5. The second-order valence-corrected chi connectivity index (χ2v) is 6.77. The molecule has 146 valence electrons. The highest BCUT2D eigenvalue weighted by Gasteiger charge is 2.30. The SMILES string of the molecule is COc1cc(Nc2cc(Cl)nc(-c3cccc(C(F)(F)F)c3)n2)c(Cl)cc1Cl. The van der Waals surface area contributed by atoms with E-state index < -0.39 is 11.7 Å². The van der Waals surface area contributed by atoms with Crippen LogP contribution >= 0.6 is 34.8 Å². The van der Waals surface area contributed by atoms with Crippen molar-refractivity contribution in [1.29, 1.82) is 0 Å². The third-order valence-corrected chi connectivity index (χ3v) is 4.45. The molecule has 2 aromatic carbocycles. The van der Waals surface area contributed by atoms with Crippen molar-refractivity contribution < 1.29 is 17.9 Å². The number of anilines is 2. The fraction of sp³-hybridized carbons (Fsp3) is 0.111. The predicted octanol–water partition coefficient (Wildman–Crippen LogP) is 6.87. The monoisotopic (exact) mass is 447 g/mol. The molecule has 0 atom stereocenters. The summed E-state index contributed by atoms with van der Waals surface area (Å²) in [5.74, 6) is 0.642. The lowest BCUT2D eigenvalue weighted by atomic mass is 10.1. The van der Waals surface area contributed by atoms with Gasteiger partial charge in [-0.1, -0.05) is 46.9 Å². The molecule has 0 amide bonds. The summed E-state index contributed by atoms with van der Waals surface area (Å²) in [6.45, 7) is 0. The van der Waals surface area contributed by atoms with Gasteiger partial charge in [0.25, 0.3) is 0 Å². The summed E-state index contributed by atoms with van der Waals surface area (Å²) in [6, 6.07) is 9.11. The number of nitrogens with zero attached hydrogens (tertiary/aromatic N) is 2. The number of halogens is 6. The van der Waals surface area contributed by atoms with Crippen LogP contribution in [-0.4, -0.2) is 17.1 Å². The molecule has 28 heavy (non-hydrogen) atoms. The summed E-state index contributed by atoms with van der Waals surface area (Å²) in [7, 11) is 1.45. The molecule has 3 aromatic rings. The molecule has 0 radical (unpaired) electrons. The molecule has 0 spiro atoms. The van der Waals surface area contributed by atoms with Crippen LogP contribution in [-0.2, 0) is 6.18 Å². The van der Waals surface area contributed by atoms with Gasteiger partial charge in [0.05, 0.1) is 28.4 Å². The highest BCUT2D eigenvalue weighted by atomic mass is 35.5. The van der Waals surface area contributed by atoms with E-state index in [4.69, 9.17) is 39.5 Å². The highest BCUT2D eigenvalue weighted by molar-refractivity contribution is 6.37. The Balaban J connectivity index is 1.99. The number of rotatable bonds is 4. The minimum absolute atomic E-state index is 0.0261. The van der Waals surface area contributed by atoms with Gasteiger partial charge in [0, 0.05) is 17.7 Å². The Morgan fingerprint density at radius 1 is 0.964 bits per heavy atom. The Labute approximate surface area is 173 Å². The second kappa shape index (κ2) is 8.03. The molecule has 3 rings (SSSR count). The van der Waals surface area contributed by atoms with Gasteiger partial charge >= 0.3 is 6.18 Å². The topological polar surface area (TPSA) is 47.0 Å². The first-order valence-electron chi connectivity index (χ1n) is 7.69. The fourth-order valence-electron chi connectivity index (χ4n) is 2.36. The van der Waals surface area contributed by atoms with E-state index in [2.05, 4.69) is 15.3 Å². The van der Waals surface area contributed by atoms with Gasteiger partial charge in [-0.15, -0.1) is 0 Å². The molecular formula is C18H11Cl3F3N3O. The molecule has 1 aromatic heterocycles. The van der Waals surface area contributed by atoms with Crippen LogP contribution in [0.1, 0.15) is 5.56 Å². The molecule has 0 aliphatic rings. The first kappa shape index (κ1) is 20.5. The Morgan fingerprint density at radius 2 is 1.71 bits per heavy atom. The fourth-order valence-corrected chi connectivity index (χ4v) is 3.06. The van der Waals surface area contributed by atoms with E-state index in [9.17, 15) is 13.2 Å². The maximum Gasteiger partial charge on any atom is 0.416 e. The molecule has 0 saturated heterocycles. The number of methoxy groups -OCH3 is 1. The van der Waals surface area contributed by atoms with Crippen molar-refractivity contribution in [3.05, 3.63) is 63.2 Å².